The first kappa shape index (κ1) is 21.4. The Hall–Kier alpha value is -3.28. The molecule has 2 aromatic rings. The number of amides is 2. The van der Waals surface area contributed by atoms with Crippen molar-refractivity contribution < 1.29 is 19.1 Å². The van der Waals surface area contributed by atoms with E-state index in [-0.39, 0.29) is 6.03 Å². The lowest BCUT2D eigenvalue weighted by Gasteiger charge is -2.29. The summed E-state index contributed by atoms with van der Waals surface area (Å²) in [7, 11) is 1.35. The highest BCUT2D eigenvalue weighted by molar-refractivity contribution is 5.95. The second kappa shape index (κ2) is 9.96. The van der Waals surface area contributed by atoms with E-state index in [2.05, 4.69) is 30.5 Å². The summed E-state index contributed by atoms with van der Waals surface area (Å²) in [5.74, 6) is 0.274. The first-order valence-corrected chi connectivity index (χ1v) is 10.2. The van der Waals surface area contributed by atoms with Crippen molar-refractivity contribution in [3.63, 3.8) is 0 Å². The van der Waals surface area contributed by atoms with Gasteiger partial charge in [-0.15, -0.1) is 0 Å². The molecule has 2 amide bonds. The van der Waals surface area contributed by atoms with E-state index in [0.29, 0.717) is 24.3 Å². The van der Waals surface area contributed by atoms with Crippen LogP contribution in [-0.2, 0) is 16.1 Å². The van der Waals surface area contributed by atoms with Crippen LogP contribution < -0.4 is 15.4 Å². The third-order valence-electron chi connectivity index (χ3n) is 5.21. The molecule has 6 heteroatoms. The quantitative estimate of drug-likeness (QED) is 0.629. The maximum absolute atomic E-state index is 12.5. The summed E-state index contributed by atoms with van der Waals surface area (Å²) in [5, 5.41) is 5.62. The molecule has 158 valence electrons. The van der Waals surface area contributed by atoms with Crippen LogP contribution >= 0.6 is 0 Å². The molecule has 0 fully saturated rings. The van der Waals surface area contributed by atoms with E-state index < -0.39 is 12.0 Å². The molecule has 0 spiro atoms. The average molecular weight is 408 g/mol. The lowest BCUT2D eigenvalue weighted by Crippen LogP contribution is -2.45. The Morgan fingerprint density at radius 3 is 2.50 bits per heavy atom. The van der Waals surface area contributed by atoms with Gasteiger partial charge in [-0.05, 0) is 48.6 Å². The number of ether oxygens (including phenoxy) is 2. The van der Waals surface area contributed by atoms with E-state index in [1.165, 1.54) is 12.7 Å². The molecule has 0 radical (unpaired) electrons. The Morgan fingerprint density at radius 1 is 1.10 bits per heavy atom. The highest BCUT2D eigenvalue weighted by Gasteiger charge is 2.33. The molecule has 0 bridgehead atoms. The molecule has 0 saturated heterocycles. The van der Waals surface area contributed by atoms with Crippen molar-refractivity contribution in [1.29, 1.82) is 0 Å². The highest BCUT2D eigenvalue weighted by atomic mass is 16.5. The van der Waals surface area contributed by atoms with Crippen molar-refractivity contribution in [2.24, 2.45) is 0 Å². The second-order valence-electron chi connectivity index (χ2n) is 7.30. The molecule has 2 aromatic carbocycles. The summed E-state index contributed by atoms with van der Waals surface area (Å²) in [6.45, 7) is 4.59. The van der Waals surface area contributed by atoms with Crippen molar-refractivity contribution in [3.8, 4) is 5.75 Å². The van der Waals surface area contributed by atoms with Crippen molar-refractivity contribution >= 4 is 12.0 Å². The van der Waals surface area contributed by atoms with Crippen molar-refractivity contribution in [2.75, 3.05) is 7.11 Å². The first-order chi connectivity index (χ1) is 14.5. The number of esters is 1. The molecule has 0 aromatic heterocycles. The van der Waals surface area contributed by atoms with Gasteiger partial charge in [0.05, 0.1) is 18.7 Å². The molecule has 3 rings (SSSR count). The van der Waals surface area contributed by atoms with Gasteiger partial charge in [-0.3, -0.25) is 0 Å². The minimum atomic E-state index is -0.566. The standard InChI is InChI=1S/C24H28N2O4/c1-4-5-10-20-21(23(27)29-3)22(26-24(28)25-20)17-11-13-19(14-12-17)30-15-18-9-7-6-8-16(18)2/h6-9,11-14,22H,4-5,10,15H2,1-3H3,(H2,25,26,28). The number of aryl methyl sites for hydroxylation is 1. The molecule has 1 aliphatic heterocycles. The minimum absolute atomic E-state index is 0.321. The summed E-state index contributed by atoms with van der Waals surface area (Å²) < 4.78 is 10.9. The zero-order chi connectivity index (χ0) is 21.5. The van der Waals surface area contributed by atoms with E-state index in [4.69, 9.17) is 9.47 Å². The Bertz CT molecular complexity index is 934. The van der Waals surface area contributed by atoms with Gasteiger partial charge in [0.1, 0.15) is 12.4 Å². The first-order valence-electron chi connectivity index (χ1n) is 10.2. The van der Waals surface area contributed by atoms with Crippen molar-refractivity contribution in [2.45, 2.75) is 45.8 Å². The van der Waals surface area contributed by atoms with Gasteiger partial charge in [-0.25, -0.2) is 9.59 Å². The number of methoxy groups -OCH3 is 1. The zero-order valence-electron chi connectivity index (χ0n) is 17.7. The smallest absolute Gasteiger partial charge is 0.337 e. The number of hydrogen-bond acceptors (Lipinski definition) is 4. The maximum atomic E-state index is 12.5. The molecule has 30 heavy (non-hydrogen) atoms. The van der Waals surface area contributed by atoms with Crippen LogP contribution in [0.2, 0.25) is 0 Å². The average Bonchev–Trinajstić information content (AvgIpc) is 2.76. The number of carbonyl (C=O) groups is 2. The van der Waals surface area contributed by atoms with Gasteiger partial charge in [0, 0.05) is 5.70 Å². The van der Waals surface area contributed by atoms with Crippen LogP contribution in [0.1, 0.15) is 48.9 Å². The van der Waals surface area contributed by atoms with E-state index in [0.717, 1.165) is 29.7 Å². The van der Waals surface area contributed by atoms with Gasteiger partial charge in [-0.2, -0.15) is 0 Å². The molecule has 0 aliphatic carbocycles. The van der Waals surface area contributed by atoms with Crippen LogP contribution in [0.3, 0.4) is 0 Å². The topological polar surface area (TPSA) is 76.7 Å². The van der Waals surface area contributed by atoms with Crippen LogP contribution in [0.15, 0.2) is 59.8 Å². The van der Waals surface area contributed by atoms with E-state index in [1.807, 2.05) is 42.5 Å². The van der Waals surface area contributed by atoms with Crippen LogP contribution in [-0.4, -0.2) is 19.1 Å². The molecule has 6 nitrogen and oxygen atoms in total. The number of benzene rings is 2. The number of rotatable bonds is 8. The Balaban J connectivity index is 1.81. The summed E-state index contributed by atoms with van der Waals surface area (Å²) >= 11 is 0. The fraction of sp³-hybridized carbons (Fsp3) is 0.333. The van der Waals surface area contributed by atoms with Gasteiger partial charge in [0.15, 0.2) is 0 Å². The number of hydrogen-bond donors (Lipinski definition) is 2. The second-order valence-corrected chi connectivity index (χ2v) is 7.30. The summed E-state index contributed by atoms with van der Waals surface area (Å²) in [5.41, 5.74) is 4.17. The Labute approximate surface area is 177 Å². The maximum Gasteiger partial charge on any atom is 0.337 e. The van der Waals surface area contributed by atoms with Gasteiger partial charge in [0.2, 0.25) is 0 Å². The van der Waals surface area contributed by atoms with Gasteiger partial charge < -0.3 is 20.1 Å². The lowest BCUT2D eigenvalue weighted by atomic mass is 9.93. The SMILES string of the molecule is CCCCC1=C(C(=O)OC)C(c2ccc(OCc3ccccc3C)cc2)NC(=O)N1. The van der Waals surface area contributed by atoms with Gasteiger partial charge in [0.25, 0.3) is 0 Å². The van der Waals surface area contributed by atoms with Gasteiger partial charge in [-0.1, -0.05) is 49.7 Å². The molecule has 1 heterocycles. The van der Waals surface area contributed by atoms with E-state index in [9.17, 15) is 9.59 Å². The largest absolute Gasteiger partial charge is 0.489 e. The Morgan fingerprint density at radius 2 is 1.83 bits per heavy atom. The number of carbonyl (C=O) groups excluding carboxylic acids is 2. The normalized spacial score (nSPS) is 16.0. The monoisotopic (exact) mass is 408 g/mol. The third kappa shape index (κ3) is 5.00. The molecular weight excluding hydrogens is 380 g/mol. The number of allylic oxidation sites excluding steroid dienone is 1. The van der Waals surface area contributed by atoms with Crippen LogP contribution in [0.25, 0.3) is 0 Å². The third-order valence-corrected chi connectivity index (χ3v) is 5.21. The summed E-state index contributed by atoms with van der Waals surface area (Å²) in [6.07, 6.45) is 2.44. The van der Waals surface area contributed by atoms with Crippen LogP contribution in [0, 0.1) is 6.92 Å². The van der Waals surface area contributed by atoms with Gasteiger partial charge >= 0.3 is 12.0 Å². The van der Waals surface area contributed by atoms with Crippen LogP contribution in [0.5, 0.6) is 5.75 Å². The number of urea groups is 1. The van der Waals surface area contributed by atoms with E-state index >= 15 is 0 Å². The molecule has 0 saturated carbocycles. The predicted molar refractivity (Wildman–Crippen MR) is 115 cm³/mol. The van der Waals surface area contributed by atoms with Crippen molar-refractivity contribution in [3.05, 3.63) is 76.5 Å². The Kier molecular flexibility index (Phi) is 7.12. The molecular formula is C24H28N2O4. The molecule has 1 unspecified atom stereocenters. The number of nitrogens with one attached hydrogen (secondary N) is 2. The van der Waals surface area contributed by atoms with Crippen molar-refractivity contribution in [1.82, 2.24) is 10.6 Å². The fourth-order valence-electron chi connectivity index (χ4n) is 3.46. The predicted octanol–water partition coefficient (Wildman–Crippen LogP) is 4.55. The van der Waals surface area contributed by atoms with E-state index in [1.54, 1.807) is 0 Å². The minimum Gasteiger partial charge on any atom is -0.489 e. The number of unbranched alkanes of at least 4 members (excludes halogenated alkanes) is 1. The van der Waals surface area contributed by atoms with Crippen LogP contribution in [0.4, 0.5) is 4.79 Å². The fourth-order valence-corrected chi connectivity index (χ4v) is 3.46. The summed E-state index contributed by atoms with van der Waals surface area (Å²) in [6, 6.07) is 14.6. The highest BCUT2D eigenvalue weighted by Crippen LogP contribution is 2.30. The summed E-state index contributed by atoms with van der Waals surface area (Å²) in [4.78, 5) is 24.7. The molecule has 1 atom stereocenters. The lowest BCUT2D eigenvalue weighted by molar-refractivity contribution is -0.136. The molecule has 2 N–H and O–H groups in total. The zero-order valence-corrected chi connectivity index (χ0v) is 17.7. The molecule has 1 aliphatic rings.